The summed E-state index contributed by atoms with van der Waals surface area (Å²) < 4.78 is 6.45. The van der Waals surface area contributed by atoms with Crippen LogP contribution in [-0.2, 0) is 4.74 Å². The summed E-state index contributed by atoms with van der Waals surface area (Å²) in [5.74, 6) is 0.560. The fraction of sp³-hybridized carbons (Fsp3) is 0.611. The second-order valence-electron chi connectivity index (χ2n) is 7.28. The van der Waals surface area contributed by atoms with Gasteiger partial charge in [0.05, 0.1) is 0 Å². The summed E-state index contributed by atoms with van der Waals surface area (Å²) in [4.78, 5) is 12.0. The van der Waals surface area contributed by atoms with Gasteiger partial charge >= 0.3 is 6.09 Å². The second kappa shape index (κ2) is 7.67. The molecular formula is C18H27BrN2O2. The topological polar surface area (TPSA) is 50.4 Å². The molecule has 1 aliphatic carbocycles. The van der Waals surface area contributed by atoms with Crippen LogP contribution in [0.3, 0.4) is 0 Å². The van der Waals surface area contributed by atoms with E-state index in [0.717, 1.165) is 11.0 Å². The standard InChI is InChI=1S/C18H27BrN2O2/c1-12(14-6-5-7-15(19)10-14)20-11-16(13-8-9-13)21-17(22)23-18(2,3)4/h5-7,10,12-13,16,20H,8-9,11H2,1-4H3,(H,21,22). The first-order chi connectivity index (χ1) is 10.7. The van der Waals surface area contributed by atoms with Gasteiger partial charge in [-0.05, 0) is 64.2 Å². The molecule has 1 amide bonds. The zero-order chi connectivity index (χ0) is 17.0. The molecule has 1 aromatic carbocycles. The van der Waals surface area contributed by atoms with Crippen LogP contribution < -0.4 is 10.6 Å². The Balaban J connectivity index is 1.86. The van der Waals surface area contributed by atoms with E-state index in [0.29, 0.717) is 5.92 Å². The number of benzene rings is 1. The average molecular weight is 383 g/mol. The van der Waals surface area contributed by atoms with Crippen molar-refractivity contribution in [1.29, 1.82) is 0 Å². The Hall–Kier alpha value is -1.07. The second-order valence-corrected chi connectivity index (χ2v) is 8.19. The SMILES string of the molecule is CC(NCC(NC(=O)OC(C)(C)C)C1CC1)c1cccc(Br)c1. The van der Waals surface area contributed by atoms with E-state index >= 15 is 0 Å². The predicted octanol–water partition coefficient (Wildman–Crippen LogP) is 4.40. The summed E-state index contributed by atoms with van der Waals surface area (Å²) in [7, 11) is 0. The van der Waals surface area contributed by atoms with Gasteiger partial charge in [-0.2, -0.15) is 0 Å². The molecule has 0 bridgehead atoms. The Bertz CT molecular complexity index is 538. The fourth-order valence-electron chi connectivity index (χ4n) is 2.49. The number of hydrogen-bond acceptors (Lipinski definition) is 3. The summed E-state index contributed by atoms with van der Waals surface area (Å²) in [6, 6.07) is 8.64. The van der Waals surface area contributed by atoms with Crippen LogP contribution in [0, 0.1) is 5.92 Å². The smallest absolute Gasteiger partial charge is 0.407 e. The lowest BCUT2D eigenvalue weighted by atomic mass is 10.1. The summed E-state index contributed by atoms with van der Waals surface area (Å²) in [5, 5.41) is 6.55. The lowest BCUT2D eigenvalue weighted by molar-refractivity contribution is 0.0497. The number of halogens is 1. The van der Waals surface area contributed by atoms with Gasteiger partial charge in [0.2, 0.25) is 0 Å². The first kappa shape index (κ1) is 18.3. The highest BCUT2D eigenvalue weighted by atomic mass is 79.9. The molecule has 0 saturated heterocycles. The molecule has 128 valence electrons. The van der Waals surface area contributed by atoms with Crippen molar-refractivity contribution in [3.05, 3.63) is 34.3 Å². The van der Waals surface area contributed by atoms with Crippen molar-refractivity contribution in [3.63, 3.8) is 0 Å². The minimum Gasteiger partial charge on any atom is -0.444 e. The molecule has 1 fully saturated rings. The van der Waals surface area contributed by atoms with Crippen LogP contribution in [-0.4, -0.2) is 24.3 Å². The first-order valence-corrected chi connectivity index (χ1v) is 9.02. The Morgan fingerprint density at radius 3 is 2.65 bits per heavy atom. The highest BCUT2D eigenvalue weighted by Gasteiger charge is 2.33. The molecule has 2 N–H and O–H groups in total. The van der Waals surface area contributed by atoms with Gasteiger partial charge in [0, 0.05) is 23.1 Å². The van der Waals surface area contributed by atoms with Gasteiger partial charge in [0.1, 0.15) is 5.60 Å². The van der Waals surface area contributed by atoms with E-state index < -0.39 is 5.60 Å². The van der Waals surface area contributed by atoms with Crippen LogP contribution in [0.25, 0.3) is 0 Å². The summed E-state index contributed by atoms with van der Waals surface area (Å²) in [6.45, 7) is 8.53. The molecule has 0 radical (unpaired) electrons. The van der Waals surface area contributed by atoms with Crippen molar-refractivity contribution in [2.45, 2.75) is 58.2 Å². The molecule has 4 nitrogen and oxygen atoms in total. The zero-order valence-electron chi connectivity index (χ0n) is 14.4. The van der Waals surface area contributed by atoms with Crippen molar-refractivity contribution in [2.75, 3.05) is 6.54 Å². The zero-order valence-corrected chi connectivity index (χ0v) is 15.9. The highest BCUT2D eigenvalue weighted by Crippen LogP contribution is 2.33. The van der Waals surface area contributed by atoms with Crippen molar-refractivity contribution in [1.82, 2.24) is 10.6 Å². The number of amides is 1. The maximum absolute atomic E-state index is 12.0. The van der Waals surface area contributed by atoms with Crippen LogP contribution in [0.2, 0.25) is 0 Å². The van der Waals surface area contributed by atoms with E-state index in [4.69, 9.17) is 4.74 Å². The molecule has 1 aromatic rings. The Labute approximate surface area is 147 Å². The van der Waals surface area contributed by atoms with E-state index in [-0.39, 0.29) is 18.2 Å². The van der Waals surface area contributed by atoms with Crippen LogP contribution in [0.5, 0.6) is 0 Å². The predicted molar refractivity (Wildman–Crippen MR) is 96.4 cm³/mol. The van der Waals surface area contributed by atoms with Gasteiger partial charge in [0.25, 0.3) is 0 Å². The first-order valence-electron chi connectivity index (χ1n) is 8.23. The minimum atomic E-state index is -0.463. The summed E-state index contributed by atoms with van der Waals surface area (Å²) in [6.07, 6.45) is 2.02. The maximum Gasteiger partial charge on any atom is 0.407 e. The third-order valence-corrected chi connectivity index (χ3v) is 4.38. The molecule has 2 atom stereocenters. The van der Waals surface area contributed by atoms with Crippen LogP contribution in [0.4, 0.5) is 4.79 Å². The molecule has 0 aromatic heterocycles. The van der Waals surface area contributed by atoms with Crippen LogP contribution in [0.15, 0.2) is 28.7 Å². The maximum atomic E-state index is 12.0. The van der Waals surface area contributed by atoms with Gasteiger partial charge in [0.15, 0.2) is 0 Å². The number of ether oxygens (including phenoxy) is 1. The van der Waals surface area contributed by atoms with E-state index in [1.54, 1.807) is 0 Å². The van der Waals surface area contributed by atoms with E-state index in [1.165, 1.54) is 18.4 Å². The van der Waals surface area contributed by atoms with Gasteiger partial charge < -0.3 is 15.4 Å². The van der Waals surface area contributed by atoms with E-state index in [1.807, 2.05) is 32.9 Å². The lowest BCUT2D eigenvalue weighted by Gasteiger charge is -2.25. The van der Waals surface area contributed by atoms with Crippen molar-refractivity contribution in [3.8, 4) is 0 Å². The molecule has 5 heteroatoms. The quantitative estimate of drug-likeness (QED) is 0.766. The summed E-state index contributed by atoms with van der Waals surface area (Å²) >= 11 is 3.50. The molecule has 23 heavy (non-hydrogen) atoms. The average Bonchev–Trinajstić information content (AvgIpc) is 3.25. The minimum absolute atomic E-state index is 0.124. The number of carbonyl (C=O) groups excluding carboxylic acids is 1. The lowest BCUT2D eigenvalue weighted by Crippen LogP contribution is -2.46. The highest BCUT2D eigenvalue weighted by molar-refractivity contribution is 9.10. The number of hydrogen-bond donors (Lipinski definition) is 2. The Morgan fingerprint density at radius 1 is 1.39 bits per heavy atom. The molecule has 0 spiro atoms. The van der Waals surface area contributed by atoms with Gasteiger partial charge in [-0.1, -0.05) is 28.1 Å². The van der Waals surface area contributed by atoms with Crippen LogP contribution >= 0.6 is 15.9 Å². The van der Waals surface area contributed by atoms with Gasteiger partial charge in [-0.3, -0.25) is 0 Å². The fourth-order valence-corrected chi connectivity index (χ4v) is 2.91. The van der Waals surface area contributed by atoms with Crippen LogP contribution in [0.1, 0.15) is 52.1 Å². The Kier molecular flexibility index (Phi) is 6.09. The number of rotatable bonds is 6. The third-order valence-electron chi connectivity index (χ3n) is 3.89. The molecule has 1 saturated carbocycles. The molecular weight excluding hydrogens is 356 g/mol. The number of nitrogens with one attached hydrogen (secondary N) is 2. The Morgan fingerprint density at radius 2 is 2.09 bits per heavy atom. The molecule has 2 rings (SSSR count). The normalized spacial score (nSPS) is 17.4. The monoisotopic (exact) mass is 382 g/mol. The number of carbonyl (C=O) groups is 1. The van der Waals surface area contributed by atoms with E-state index in [2.05, 4.69) is 45.6 Å². The van der Waals surface area contributed by atoms with Gasteiger partial charge in [-0.25, -0.2) is 4.79 Å². The van der Waals surface area contributed by atoms with Crippen molar-refractivity contribution in [2.24, 2.45) is 5.92 Å². The van der Waals surface area contributed by atoms with Crippen molar-refractivity contribution < 1.29 is 9.53 Å². The summed E-state index contributed by atoms with van der Waals surface area (Å²) in [5.41, 5.74) is 0.765. The third kappa shape index (κ3) is 6.51. The largest absolute Gasteiger partial charge is 0.444 e. The van der Waals surface area contributed by atoms with Crippen molar-refractivity contribution >= 4 is 22.0 Å². The molecule has 1 aliphatic rings. The molecule has 0 aliphatic heterocycles. The van der Waals surface area contributed by atoms with E-state index in [9.17, 15) is 4.79 Å². The molecule has 2 unspecified atom stereocenters. The number of alkyl carbamates (subject to hydrolysis) is 1. The molecule has 0 heterocycles. The van der Waals surface area contributed by atoms with Gasteiger partial charge in [-0.15, -0.1) is 0 Å².